The van der Waals surface area contributed by atoms with Crippen molar-refractivity contribution in [3.05, 3.63) is 40.7 Å². The third-order valence-electron chi connectivity index (χ3n) is 2.40. The largest absolute Gasteiger partial charge is 0.370 e. The van der Waals surface area contributed by atoms with Gasteiger partial charge in [-0.25, -0.2) is 14.5 Å². The zero-order valence-electron chi connectivity index (χ0n) is 9.92. The van der Waals surface area contributed by atoms with E-state index in [-0.39, 0.29) is 5.69 Å². The van der Waals surface area contributed by atoms with Gasteiger partial charge >= 0.3 is 5.69 Å². The first-order valence-corrected chi connectivity index (χ1v) is 5.48. The molecule has 0 aliphatic heterocycles. The van der Waals surface area contributed by atoms with Crippen LogP contribution in [0.1, 0.15) is 12.5 Å². The van der Waals surface area contributed by atoms with Crippen molar-refractivity contribution in [2.24, 2.45) is 7.05 Å². The topological polar surface area (TPSA) is 64.7 Å². The van der Waals surface area contributed by atoms with Crippen LogP contribution in [0.4, 0.5) is 5.82 Å². The lowest BCUT2D eigenvalue weighted by molar-refractivity contribution is 0.645. The first kappa shape index (κ1) is 11.4. The second-order valence-corrected chi connectivity index (χ2v) is 3.76. The summed E-state index contributed by atoms with van der Waals surface area (Å²) in [5.41, 5.74) is 0.827. The smallest absolute Gasteiger partial charge is 0.345 e. The fourth-order valence-electron chi connectivity index (χ4n) is 1.51. The van der Waals surface area contributed by atoms with Crippen LogP contribution in [0.15, 0.2) is 29.5 Å². The highest BCUT2D eigenvalue weighted by molar-refractivity contribution is 5.35. The molecule has 0 spiro atoms. The van der Waals surface area contributed by atoms with Crippen molar-refractivity contribution in [2.75, 3.05) is 11.9 Å². The van der Waals surface area contributed by atoms with Gasteiger partial charge in [0.2, 0.25) is 0 Å². The molecule has 0 aliphatic rings. The number of rotatable bonds is 4. The van der Waals surface area contributed by atoms with Crippen LogP contribution in [-0.2, 0) is 13.6 Å². The van der Waals surface area contributed by atoms with Crippen molar-refractivity contribution >= 4 is 5.82 Å². The molecule has 0 saturated heterocycles. The fourth-order valence-corrected chi connectivity index (χ4v) is 1.51. The molecule has 1 N–H and O–H groups in total. The van der Waals surface area contributed by atoms with Crippen LogP contribution < -0.4 is 11.0 Å². The molecule has 0 aliphatic carbocycles. The summed E-state index contributed by atoms with van der Waals surface area (Å²) in [7, 11) is 1.68. The molecule has 6 nitrogen and oxygen atoms in total. The molecule has 2 rings (SSSR count). The Hall–Kier alpha value is -2.11. The van der Waals surface area contributed by atoms with E-state index in [2.05, 4.69) is 15.4 Å². The van der Waals surface area contributed by atoms with Crippen molar-refractivity contribution < 1.29 is 0 Å². The number of hydrogen-bond acceptors (Lipinski definition) is 4. The van der Waals surface area contributed by atoms with E-state index in [1.807, 2.05) is 19.1 Å². The average Bonchev–Trinajstić information content (AvgIpc) is 2.64. The Balaban J connectivity index is 2.14. The lowest BCUT2D eigenvalue weighted by Crippen LogP contribution is -2.23. The quantitative estimate of drug-likeness (QED) is 0.833. The monoisotopic (exact) mass is 233 g/mol. The number of pyridine rings is 1. The number of aryl methyl sites for hydroxylation is 1. The van der Waals surface area contributed by atoms with Crippen LogP contribution in [0.2, 0.25) is 0 Å². The Kier molecular flexibility index (Phi) is 3.22. The lowest BCUT2D eigenvalue weighted by atomic mass is 10.3. The Labute approximate surface area is 98.9 Å². The second kappa shape index (κ2) is 4.82. The Morgan fingerprint density at radius 1 is 1.41 bits per heavy atom. The van der Waals surface area contributed by atoms with E-state index < -0.39 is 0 Å². The molecule has 90 valence electrons. The van der Waals surface area contributed by atoms with Gasteiger partial charge in [-0.05, 0) is 18.6 Å². The lowest BCUT2D eigenvalue weighted by Gasteiger charge is -2.03. The van der Waals surface area contributed by atoms with Gasteiger partial charge in [-0.2, -0.15) is 5.10 Å². The molecular formula is C11H15N5O. The molecular weight excluding hydrogens is 218 g/mol. The van der Waals surface area contributed by atoms with Crippen LogP contribution in [-0.4, -0.2) is 25.9 Å². The predicted molar refractivity (Wildman–Crippen MR) is 65.0 cm³/mol. The maximum absolute atomic E-state index is 11.6. The summed E-state index contributed by atoms with van der Waals surface area (Å²) in [6.07, 6.45) is 3.25. The van der Waals surface area contributed by atoms with Gasteiger partial charge in [0.1, 0.15) is 12.1 Å². The highest BCUT2D eigenvalue weighted by Crippen LogP contribution is 2.05. The van der Waals surface area contributed by atoms with Gasteiger partial charge in [-0.1, -0.05) is 6.07 Å². The number of nitrogens with zero attached hydrogens (tertiary/aromatic N) is 4. The van der Waals surface area contributed by atoms with E-state index in [9.17, 15) is 4.79 Å². The van der Waals surface area contributed by atoms with E-state index in [0.29, 0.717) is 6.54 Å². The zero-order chi connectivity index (χ0) is 12.3. The van der Waals surface area contributed by atoms with Gasteiger partial charge < -0.3 is 5.32 Å². The minimum Gasteiger partial charge on any atom is -0.370 e. The van der Waals surface area contributed by atoms with Crippen molar-refractivity contribution in [3.63, 3.8) is 0 Å². The fraction of sp³-hybridized carbons (Fsp3) is 0.364. The van der Waals surface area contributed by atoms with Gasteiger partial charge in [0.15, 0.2) is 0 Å². The van der Waals surface area contributed by atoms with Crippen molar-refractivity contribution in [3.8, 4) is 0 Å². The van der Waals surface area contributed by atoms with Crippen molar-refractivity contribution in [1.29, 1.82) is 0 Å². The van der Waals surface area contributed by atoms with E-state index in [1.54, 1.807) is 13.2 Å². The van der Waals surface area contributed by atoms with Gasteiger partial charge in [0, 0.05) is 19.8 Å². The standard InChI is InChI=1S/C11H15N5O/c1-3-12-10-5-4-9(6-13-10)7-16-11(17)15(2)8-14-16/h4-6,8H,3,7H2,1-2H3,(H,12,13). The van der Waals surface area contributed by atoms with Crippen molar-refractivity contribution in [2.45, 2.75) is 13.5 Å². The summed E-state index contributed by atoms with van der Waals surface area (Å²) in [4.78, 5) is 15.8. The third-order valence-corrected chi connectivity index (χ3v) is 2.40. The van der Waals surface area contributed by atoms with Gasteiger partial charge in [-0.3, -0.25) is 4.57 Å². The minimum absolute atomic E-state index is 0.124. The van der Waals surface area contributed by atoms with Crippen LogP contribution in [0.3, 0.4) is 0 Å². The van der Waals surface area contributed by atoms with E-state index in [0.717, 1.165) is 17.9 Å². The molecule has 0 fully saturated rings. The zero-order valence-corrected chi connectivity index (χ0v) is 9.92. The van der Waals surface area contributed by atoms with E-state index in [1.165, 1.54) is 15.6 Å². The minimum atomic E-state index is -0.124. The number of aromatic nitrogens is 4. The first-order chi connectivity index (χ1) is 8.20. The summed E-state index contributed by atoms with van der Waals surface area (Å²) in [6.45, 7) is 3.30. The summed E-state index contributed by atoms with van der Waals surface area (Å²) in [5.74, 6) is 0.838. The molecule has 0 radical (unpaired) electrons. The summed E-state index contributed by atoms with van der Waals surface area (Å²) >= 11 is 0. The van der Waals surface area contributed by atoms with E-state index >= 15 is 0 Å². The normalized spacial score (nSPS) is 10.5. The Morgan fingerprint density at radius 2 is 2.24 bits per heavy atom. The molecule has 0 aromatic carbocycles. The number of anilines is 1. The average molecular weight is 233 g/mol. The van der Waals surface area contributed by atoms with Gasteiger partial charge in [0.05, 0.1) is 6.54 Å². The predicted octanol–water partition coefficient (Wildman–Crippen LogP) is 0.457. The van der Waals surface area contributed by atoms with Gasteiger partial charge in [0.25, 0.3) is 0 Å². The maximum Gasteiger partial charge on any atom is 0.345 e. The molecule has 17 heavy (non-hydrogen) atoms. The molecule has 0 unspecified atom stereocenters. The number of hydrogen-bond donors (Lipinski definition) is 1. The molecule has 2 aromatic heterocycles. The maximum atomic E-state index is 11.6. The highest BCUT2D eigenvalue weighted by Gasteiger charge is 2.02. The van der Waals surface area contributed by atoms with Gasteiger partial charge in [-0.15, -0.1) is 0 Å². The van der Waals surface area contributed by atoms with Crippen LogP contribution in [0.25, 0.3) is 0 Å². The Morgan fingerprint density at radius 3 is 2.76 bits per heavy atom. The van der Waals surface area contributed by atoms with Crippen LogP contribution in [0, 0.1) is 0 Å². The first-order valence-electron chi connectivity index (χ1n) is 5.48. The van der Waals surface area contributed by atoms with Crippen LogP contribution >= 0.6 is 0 Å². The summed E-state index contributed by atoms with van der Waals surface area (Å²) in [5, 5.41) is 7.11. The van der Waals surface area contributed by atoms with Crippen molar-refractivity contribution in [1.82, 2.24) is 19.3 Å². The molecule has 0 saturated carbocycles. The molecule has 0 bridgehead atoms. The number of nitrogens with one attached hydrogen (secondary N) is 1. The van der Waals surface area contributed by atoms with Crippen LogP contribution in [0.5, 0.6) is 0 Å². The van der Waals surface area contributed by atoms with E-state index in [4.69, 9.17) is 0 Å². The summed E-state index contributed by atoms with van der Waals surface area (Å²) < 4.78 is 2.85. The highest BCUT2D eigenvalue weighted by atomic mass is 16.2. The third kappa shape index (κ3) is 2.52. The second-order valence-electron chi connectivity index (χ2n) is 3.76. The molecule has 6 heteroatoms. The summed E-state index contributed by atoms with van der Waals surface area (Å²) in [6, 6.07) is 3.83. The Bertz CT molecular complexity index is 540. The molecule has 2 aromatic rings. The molecule has 0 amide bonds. The molecule has 0 atom stereocenters. The SMILES string of the molecule is CCNc1ccc(Cn2ncn(C)c2=O)cn1. The molecule has 2 heterocycles.